The number of pyridine rings is 1. The highest BCUT2D eigenvalue weighted by atomic mass is 16.5. The van der Waals surface area contributed by atoms with Gasteiger partial charge in [0.2, 0.25) is 0 Å². The van der Waals surface area contributed by atoms with E-state index in [9.17, 15) is 0 Å². The molecule has 0 radical (unpaired) electrons. The predicted molar refractivity (Wildman–Crippen MR) is 150 cm³/mol. The average Bonchev–Trinajstić information content (AvgIpc) is 3.47. The molecule has 0 aliphatic carbocycles. The molecule has 5 aromatic rings. The van der Waals surface area contributed by atoms with Crippen molar-refractivity contribution in [3.63, 3.8) is 0 Å². The minimum absolute atomic E-state index is 0.325. The topological polar surface area (TPSA) is 74.5 Å². The molecule has 8 nitrogen and oxygen atoms in total. The number of ether oxygens (including phenoxy) is 3. The van der Waals surface area contributed by atoms with Crippen LogP contribution in [0.4, 0.5) is 0 Å². The fraction of sp³-hybridized carbons (Fsp3) is 0.258. The second kappa shape index (κ2) is 11.1. The van der Waals surface area contributed by atoms with Crippen LogP contribution in [0, 0.1) is 0 Å². The van der Waals surface area contributed by atoms with Crippen molar-refractivity contribution in [3.8, 4) is 22.9 Å². The fourth-order valence-electron chi connectivity index (χ4n) is 5.07. The molecule has 39 heavy (non-hydrogen) atoms. The zero-order valence-corrected chi connectivity index (χ0v) is 22.2. The van der Waals surface area contributed by atoms with Crippen molar-refractivity contribution in [3.05, 3.63) is 102 Å². The maximum Gasteiger partial charge on any atom is 0.161 e. The molecule has 198 valence electrons. The van der Waals surface area contributed by atoms with Gasteiger partial charge in [-0.25, -0.2) is 4.68 Å². The third-order valence-corrected chi connectivity index (χ3v) is 7.23. The summed E-state index contributed by atoms with van der Waals surface area (Å²) in [6.45, 7) is 3.29. The molecule has 1 aliphatic heterocycles. The first kappa shape index (κ1) is 24.9. The van der Waals surface area contributed by atoms with Crippen molar-refractivity contribution >= 4 is 10.9 Å². The van der Waals surface area contributed by atoms with Gasteiger partial charge in [-0.3, -0.25) is 9.88 Å². The second-order valence-electron chi connectivity index (χ2n) is 9.69. The van der Waals surface area contributed by atoms with Crippen LogP contribution in [-0.2, 0) is 26.0 Å². The summed E-state index contributed by atoms with van der Waals surface area (Å²) < 4.78 is 18.8. The number of benzene rings is 3. The smallest absolute Gasteiger partial charge is 0.161 e. The van der Waals surface area contributed by atoms with E-state index < -0.39 is 0 Å². The van der Waals surface area contributed by atoms with Crippen LogP contribution >= 0.6 is 0 Å². The number of para-hydroxylation sites is 1. The van der Waals surface area contributed by atoms with E-state index in [1.165, 1.54) is 16.7 Å². The van der Waals surface area contributed by atoms with Gasteiger partial charge in [0.15, 0.2) is 11.5 Å². The van der Waals surface area contributed by atoms with Gasteiger partial charge in [-0.1, -0.05) is 35.5 Å². The Kier molecular flexibility index (Phi) is 7.10. The summed E-state index contributed by atoms with van der Waals surface area (Å²) in [5.41, 5.74) is 6.53. The lowest BCUT2D eigenvalue weighted by atomic mass is 9.98. The number of fused-ring (bicyclic) bond motifs is 2. The van der Waals surface area contributed by atoms with Gasteiger partial charge in [0.05, 0.1) is 26.1 Å². The van der Waals surface area contributed by atoms with E-state index in [-0.39, 0.29) is 0 Å². The van der Waals surface area contributed by atoms with Gasteiger partial charge in [-0.15, -0.1) is 5.10 Å². The summed E-state index contributed by atoms with van der Waals surface area (Å²) in [6, 6.07) is 22.6. The van der Waals surface area contributed by atoms with Gasteiger partial charge < -0.3 is 14.2 Å². The first-order valence-electron chi connectivity index (χ1n) is 13.1. The SMILES string of the molecule is COc1cc2c(cc1OC)CN(CCc1ccc(-n3cc(COc4cccc5cccnc45)nn3)cc1)CC2. The summed E-state index contributed by atoms with van der Waals surface area (Å²) in [6.07, 6.45) is 5.68. The zero-order chi connectivity index (χ0) is 26.6. The molecule has 0 amide bonds. The number of hydrogen-bond donors (Lipinski definition) is 0. The summed E-state index contributed by atoms with van der Waals surface area (Å²) >= 11 is 0. The number of methoxy groups -OCH3 is 2. The van der Waals surface area contributed by atoms with Crippen molar-refractivity contribution in [2.45, 2.75) is 26.0 Å². The normalized spacial score (nSPS) is 13.3. The fourth-order valence-corrected chi connectivity index (χ4v) is 5.07. The summed E-state index contributed by atoms with van der Waals surface area (Å²) in [4.78, 5) is 6.94. The van der Waals surface area contributed by atoms with Crippen molar-refractivity contribution in [1.29, 1.82) is 0 Å². The van der Waals surface area contributed by atoms with Crippen molar-refractivity contribution in [1.82, 2.24) is 24.9 Å². The molecule has 3 aromatic carbocycles. The Bertz CT molecular complexity index is 1580. The van der Waals surface area contributed by atoms with E-state index in [0.29, 0.717) is 6.61 Å². The summed E-state index contributed by atoms with van der Waals surface area (Å²) in [5, 5.41) is 9.64. The molecule has 0 fully saturated rings. The zero-order valence-electron chi connectivity index (χ0n) is 22.2. The highest BCUT2D eigenvalue weighted by Crippen LogP contribution is 2.33. The minimum atomic E-state index is 0.325. The average molecular weight is 522 g/mol. The molecule has 0 unspecified atom stereocenters. The first-order valence-corrected chi connectivity index (χ1v) is 13.1. The van der Waals surface area contributed by atoms with Crippen molar-refractivity contribution in [2.75, 3.05) is 27.3 Å². The van der Waals surface area contributed by atoms with Crippen LogP contribution in [-0.4, -0.2) is 52.2 Å². The molecule has 0 bridgehead atoms. The molecule has 0 atom stereocenters. The van der Waals surface area contributed by atoms with Crippen LogP contribution in [0.2, 0.25) is 0 Å². The van der Waals surface area contributed by atoms with Gasteiger partial charge in [-0.05, 0) is 65.9 Å². The van der Waals surface area contributed by atoms with Crippen LogP contribution in [0.25, 0.3) is 16.6 Å². The molecule has 0 saturated heterocycles. The molecular formula is C31H31N5O3. The summed E-state index contributed by atoms with van der Waals surface area (Å²) in [7, 11) is 3.37. The molecular weight excluding hydrogens is 490 g/mol. The lowest BCUT2D eigenvalue weighted by Gasteiger charge is -2.29. The van der Waals surface area contributed by atoms with Gasteiger partial charge in [0.25, 0.3) is 0 Å². The van der Waals surface area contributed by atoms with E-state index in [0.717, 1.165) is 72.0 Å². The molecule has 1 aliphatic rings. The summed E-state index contributed by atoms with van der Waals surface area (Å²) in [5.74, 6) is 2.34. The lowest BCUT2D eigenvalue weighted by molar-refractivity contribution is 0.255. The molecule has 2 aromatic heterocycles. The molecule has 6 rings (SSSR count). The van der Waals surface area contributed by atoms with Crippen molar-refractivity contribution < 1.29 is 14.2 Å². The predicted octanol–water partition coefficient (Wildman–Crippen LogP) is 5.01. The Morgan fingerprint density at radius 2 is 1.67 bits per heavy atom. The largest absolute Gasteiger partial charge is 0.493 e. The number of aromatic nitrogens is 4. The number of nitrogens with zero attached hydrogens (tertiary/aromatic N) is 5. The third kappa shape index (κ3) is 5.42. The van der Waals surface area contributed by atoms with Crippen LogP contribution in [0.15, 0.2) is 79.1 Å². The highest BCUT2D eigenvalue weighted by molar-refractivity contribution is 5.84. The van der Waals surface area contributed by atoms with E-state index in [2.05, 4.69) is 56.6 Å². The monoisotopic (exact) mass is 521 g/mol. The van der Waals surface area contributed by atoms with E-state index in [1.54, 1.807) is 25.1 Å². The quantitative estimate of drug-likeness (QED) is 0.270. The maximum atomic E-state index is 6.01. The Morgan fingerprint density at radius 3 is 2.49 bits per heavy atom. The standard InChI is InChI=1S/C31H31N5O3/c1-37-29-17-24-13-16-35(19-25(24)18-30(29)38-2)15-12-22-8-10-27(11-9-22)36-20-26(33-34-36)21-39-28-7-3-5-23-6-4-14-32-31(23)28/h3-11,14,17-18,20H,12-13,15-16,19,21H2,1-2H3. The first-order chi connectivity index (χ1) is 19.2. The van der Waals surface area contributed by atoms with E-state index in [4.69, 9.17) is 14.2 Å². The third-order valence-electron chi connectivity index (χ3n) is 7.23. The molecule has 8 heteroatoms. The van der Waals surface area contributed by atoms with E-state index in [1.807, 2.05) is 36.5 Å². The highest BCUT2D eigenvalue weighted by Gasteiger charge is 2.19. The van der Waals surface area contributed by atoms with Crippen LogP contribution < -0.4 is 14.2 Å². The van der Waals surface area contributed by atoms with Gasteiger partial charge in [-0.2, -0.15) is 0 Å². The second-order valence-corrected chi connectivity index (χ2v) is 9.69. The van der Waals surface area contributed by atoms with Crippen molar-refractivity contribution in [2.24, 2.45) is 0 Å². The van der Waals surface area contributed by atoms with Crippen LogP contribution in [0.5, 0.6) is 17.2 Å². The maximum absolute atomic E-state index is 6.01. The molecule has 0 saturated carbocycles. The molecule has 0 N–H and O–H groups in total. The van der Waals surface area contributed by atoms with Crippen LogP contribution in [0.1, 0.15) is 22.4 Å². The minimum Gasteiger partial charge on any atom is -0.493 e. The lowest BCUT2D eigenvalue weighted by Crippen LogP contribution is -2.32. The van der Waals surface area contributed by atoms with Gasteiger partial charge in [0, 0.05) is 31.2 Å². The van der Waals surface area contributed by atoms with E-state index >= 15 is 0 Å². The van der Waals surface area contributed by atoms with Gasteiger partial charge in [0.1, 0.15) is 23.6 Å². The Morgan fingerprint density at radius 1 is 0.872 bits per heavy atom. The molecule has 0 spiro atoms. The number of rotatable bonds is 9. The number of hydrogen-bond acceptors (Lipinski definition) is 7. The Hall–Kier alpha value is -4.43. The van der Waals surface area contributed by atoms with Crippen LogP contribution in [0.3, 0.4) is 0 Å². The Labute approximate surface area is 227 Å². The molecule has 3 heterocycles. The van der Waals surface area contributed by atoms with Gasteiger partial charge >= 0.3 is 0 Å². The Balaban J connectivity index is 1.04.